The SMILES string of the molecule is COc1cccc(NC(=Nc2ccccc2C)SCc2cc([N+](=O)[O-])cc3c2OCOC3)c1.Cl. The third-order valence-corrected chi connectivity index (χ3v) is 5.93. The van der Waals surface area contributed by atoms with Crippen LogP contribution in [0.5, 0.6) is 11.5 Å². The Kier molecular flexibility index (Phi) is 8.75. The second kappa shape index (κ2) is 11.7. The number of para-hydroxylation sites is 1. The van der Waals surface area contributed by atoms with Gasteiger partial charge in [-0.1, -0.05) is 36.0 Å². The standard InChI is InChI=1S/C24H23N3O5S.ClH/c1-16-6-3-4-9-22(16)26-24(25-19-7-5-8-21(12-19)30-2)33-14-18-11-20(27(28)29)10-17-13-31-15-32-23(17)18;/h3-12H,13-15H2,1-2H3,(H,25,26);1H. The maximum atomic E-state index is 11.4. The molecule has 8 nitrogen and oxygen atoms in total. The second-order valence-corrected chi connectivity index (χ2v) is 8.27. The molecule has 0 atom stereocenters. The van der Waals surface area contributed by atoms with Gasteiger partial charge in [-0.15, -0.1) is 12.4 Å². The maximum Gasteiger partial charge on any atom is 0.270 e. The number of non-ortho nitro benzene ring substituents is 1. The van der Waals surface area contributed by atoms with Crippen molar-refractivity contribution in [3.8, 4) is 11.5 Å². The van der Waals surface area contributed by atoms with Crippen LogP contribution in [-0.2, 0) is 17.1 Å². The summed E-state index contributed by atoms with van der Waals surface area (Å²) in [5.41, 5.74) is 4.09. The highest BCUT2D eigenvalue weighted by Gasteiger charge is 2.21. The lowest BCUT2D eigenvalue weighted by Gasteiger charge is -2.20. The van der Waals surface area contributed by atoms with E-state index in [9.17, 15) is 10.1 Å². The molecule has 10 heteroatoms. The normalized spacial score (nSPS) is 12.7. The van der Waals surface area contributed by atoms with E-state index >= 15 is 0 Å². The van der Waals surface area contributed by atoms with Gasteiger partial charge in [0.1, 0.15) is 11.5 Å². The van der Waals surface area contributed by atoms with Gasteiger partial charge >= 0.3 is 0 Å². The van der Waals surface area contributed by atoms with Crippen molar-refractivity contribution in [1.29, 1.82) is 0 Å². The summed E-state index contributed by atoms with van der Waals surface area (Å²) in [6.07, 6.45) is 0. The van der Waals surface area contributed by atoms with Crippen LogP contribution >= 0.6 is 24.2 Å². The molecule has 1 aliphatic heterocycles. The number of nitro benzene ring substituents is 1. The first-order valence-corrected chi connectivity index (χ1v) is 11.2. The Morgan fingerprint density at radius 1 is 1.21 bits per heavy atom. The number of thioether (sulfide) groups is 1. The number of nitrogens with one attached hydrogen (secondary N) is 1. The maximum absolute atomic E-state index is 11.4. The van der Waals surface area contributed by atoms with Crippen LogP contribution < -0.4 is 14.8 Å². The van der Waals surface area contributed by atoms with Crippen LogP contribution in [0.1, 0.15) is 16.7 Å². The molecule has 0 saturated carbocycles. The zero-order valence-corrected chi connectivity index (χ0v) is 20.3. The number of nitro groups is 1. The summed E-state index contributed by atoms with van der Waals surface area (Å²) in [7, 11) is 1.62. The van der Waals surface area contributed by atoms with Crippen molar-refractivity contribution >= 4 is 46.4 Å². The van der Waals surface area contributed by atoms with Crippen LogP contribution in [0.4, 0.5) is 17.1 Å². The second-order valence-electron chi connectivity index (χ2n) is 7.31. The molecule has 0 bridgehead atoms. The summed E-state index contributed by atoms with van der Waals surface area (Å²) in [4.78, 5) is 15.8. The molecule has 3 aromatic rings. The largest absolute Gasteiger partial charge is 0.497 e. The molecule has 1 aliphatic rings. The number of benzene rings is 3. The topological polar surface area (TPSA) is 95.2 Å². The molecular formula is C24H24ClN3O5S. The Balaban J connectivity index is 0.00000324. The van der Waals surface area contributed by atoms with E-state index < -0.39 is 4.92 Å². The summed E-state index contributed by atoms with van der Waals surface area (Å²) in [5, 5.41) is 15.4. The molecule has 4 rings (SSSR count). The predicted octanol–water partition coefficient (Wildman–Crippen LogP) is 6.23. The average Bonchev–Trinajstić information content (AvgIpc) is 2.83. The lowest BCUT2D eigenvalue weighted by Crippen LogP contribution is -2.14. The van der Waals surface area contributed by atoms with Gasteiger partial charge in [-0.2, -0.15) is 0 Å². The first-order valence-electron chi connectivity index (χ1n) is 10.2. The fraction of sp³-hybridized carbons (Fsp3) is 0.208. The molecule has 0 radical (unpaired) electrons. The highest BCUT2D eigenvalue weighted by atomic mass is 35.5. The minimum absolute atomic E-state index is 0. The van der Waals surface area contributed by atoms with Gasteiger partial charge in [0.25, 0.3) is 5.69 Å². The summed E-state index contributed by atoms with van der Waals surface area (Å²) >= 11 is 1.43. The Morgan fingerprint density at radius 3 is 2.79 bits per heavy atom. The van der Waals surface area contributed by atoms with E-state index in [4.69, 9.17) is 19.2 Å². The van der Waals surface area contributed by atoms with Crippen molar-refractivity contribution in [2.75, 3.05) is 19.2 Å². The lowest BCUT2D eigenvalue weighted by molar-refractivity contribution is -0.385. The van der Waals surface area contributed by atoms with Crippen LogP contribution in [0.25, 0.3) is 0 Å². The predicted molar refractivity (Wildman–Crippen MR) is 137 cm³/mol. The zero-order valence-electron chi connectivity index (χ0n) is 18.6. The summed E-state index contributed by atoms with van der Waals surface area (Å²) in [6, 6.07) is 18.4. The molecule has 3 aromatic carbocycles. The molecule has 34 heavy (non-hydrogen) atoms. The Hall–Kier alpha value is -3.27. The molecule has 0 saturated heterocycles. The number of hydrogen-bond acceptors (Lipinski definition) is 7. The number of fused-ring (bicyclic) bond motifs is 1. The number of anilines is 1. The number of nitrogens with zero attached hydrogens (tertiary/aromatic N) is 2. The number of aryl methyl sites for hydroxylation is 1. The highest BCUT2D eigenvalue weighted by molar-refractivity contribution is 8.13. The number of hydrogen-bond donors (Lipinski definition) is 1. The van der Waals surface area contributed by atoms with E-state index in [1.165, 1.54) is 17.8 Å². The molecule has 0 aromatic heterocycles. The third kappa shape index (κ3) is 6.19. The van der Waals surface area contributed by atoms with Crippen LogP contribution in [0, 0.1) is 17.0 Å². The molecule has 178 valence electrons. The van der Waals surface area contributed by atoms with Gasteiger partial charge in [0.2, 0.25) is 0 Å². The Bertz CT molecular complexity index is 1200. The van der Waals surface area contributed by atoms with Gasteiger partial charge in [0, 0.05) is 40.8 Å². The molecule has 1 heterocycles. The number of methoxy groups -OCH3 is 1. The van der Waals surface area contributed by atoms with Gasteiger partial charge in [-0.25, -0.2) is 4.99 Å². The summed E-state index contributed by atoms with van der Waals surface area (Å²) in [5.74, 6) is 1.78. The summed E-state index contributed by atoms with van der Waals surface area (Å²) < 4.78 is 16.3. The van der Waals surface area contributed by atoms with E-state index in [-0.39, 0.29) is 31.5 Å². The van der Waals surface area contributed by atoms with Crippen molar-refractivity contribution in [2.45, 2.75) is 19.3 Å². The van der Waals surface area contributed by atoms with Crippen molar-refractivity contribution in [2.24, 2.45) is 4.99 Å². The smallest absolute Gasteiger partial charge is 0.270 e. The van der Waals surface area contributed by atoms with Crippen LogP contribution in [0.15, 0.2) is 65.7 Å². The highest BCUT2D eigenvalue weighted by Crippen LogP contribution is 2.35. The molecule has 0 aliphatic carbocycles. The molecule has 0 amide bonds. The van der Waals surface area contributed by atoms with Gasteiger partial charge in [-0.05, 0) is 30.7 Å². The van der Waals surface area contributed by atoms with E-state index in [1.54, 1.807) is 13.2 Å². The molecule has 0 spiro atoms. The van der Waals surface area contributed by atoms with Crippen LogP contribution in [-0.4, -0.2) is 24.0 Å². The monoisotopic (exact) mass is 501 g/mol. The third-order valence-electron chi connectivity index (χ3n) is 5.01. The fourth-order valence-electron chi connectivity index (χ4n) is 3.36. The van der Waals surface area contributed by atoms with E-state index in [2.05, 4.69) is 5.32 Å². The van der Waals surface area contributed by atoms with Gasteiger partial charge in [0.15, 0.2) is 12.0 Å². The minimum atomic E-state index is -0.403. The fourth-order valence-corrected chi connectivity index (χ4v) is 4.22. The van der Waals surface area contributed by atoms with Gasteiger partial charge in [0.05, 0.1) is 24.3 Å². The Labute approximate surface area is 207 Å². The zero-order chi connectivity index (χ0) is 23.2. The molecule has 0 unspecified atom stereocenters. The number of amidine groups is 1. The van der Waals surface area contributed by atoms with Crippen molar-refractivity contribution in [1.82, 2.24) is 0 Å². The van der Waals surface area contributed by atoms with Crippen LogP contribution in [0.2, 0.25) is 0 Å². The van der Waals surface area contributed by atoms with E-state index in [1.807, 2.05) is 55.5 Å². The number of halogens is 1. The van der Waals surface area contributed by atoms with Crippen molar-refractivity contribution in [3.63, 3.8) is 0 Å². The first-order chi connectivity index (χ1) is 16.0. The first kappa shape index (κ1) is 25.4. The number of rotatable bonds is 6. The Morgan fingerprint density at radius 2 is 2.03 bits per heavy atom. The van der Waals surface area contributed by atoms with Gasteiger partial charge in [-0.3, -0.25) is 10.1 Å². The molecular weight excluding hydrogens is 478 g/mol. The average molecular weight is 502 g/mol. The minimum Gasteiger partial charge on any atom is -0.497 e. The number of ether oxygens (including phenoxy) is 3. The number of aliphatic imine (C=N–C) groups is 1. The van der Waals surface area contributed by atoms with E-state index in [0.29, 0.717) is 22.2 Å². The summed E-state index contributed by atoms with van der Waals surface area (Å²) in [6.45, 7) is 2.40. The quantitative estimate of drug-likeness (QED) is 0.185. The van der Waals surface area contributed by atoms with E-state index in [0.717, 1.165) is 28.3 Å². The van der Waals surface area contributed by atoms with Crippen molar-refractivity contribution < 1.29 is 19.1 Å². The molecule has 1 N–H and O–H groups in total. The molecule has 0 fully saturated rings. The van der Waals surface area contributed by atoms with Crippen LogP contribution in [0.3, 0.4) is 0 Å². The van der Waals surface area contributed by atoms with Crippen molar-refractivity contribution in [3.05, 3.63) is 87.5 Å². The van der Waals surface area contributed by atoms with Gasteiger partial charge < -0.3 is 19.5 Å². The lowest BCUT2D eigenvalue weighted by atomic mass is 10.1.